The van der Waals surface area contributed by atoms with Crippen molar-refractivity contribution in [2.75, 3.05) is 23.5 Å². The molecule has 7 heteroatoms. The molecule has 2 N–H and O–H groups in total. The van der Waals surface area contributed by atoms with Crippen molar-refractivity contribution >= 4 is 22.6 Å². The van der Waals surface area contributed by atoms with E-state index in [2.05, 4.69) is 34.4 Å². The predicted octanol–water partition coefficient (Wildman–Crippen LogP) is 3.44. The minimum atomic E-state index is -0.954. The summed E-state index contributed by atoms with van der Waals surface area (Å²) in [5.41, 5.74) is 1.09. The van der Waals surface area contributed by atoms with Crippen LogP contribution < -0.4 is 10.6 Å². The summed E-state index contributed by atoms with van der Waals surface area (Å²) in [7, 11) is -0.954. The highest BCUT2D eigenvalue weighted by atomic mass is 32.2. The van der Waals surface area contributed by atoms with E-state index in [1.54, 1.807) is 12.5 Å². The van der Waals surface area contributed by atoms with E-state index in [1.165, 1.54) is 0 Å². The fraction of sp³-hybridized carbons (Fsp3) is 0.500. The molecule has 1 aliphatic heterocycles. The Balaban J connectivity index is 1.60. The van der Waals surface area contributed by atoms with Crippen LogP contribution in [0.1, 0.15) is 32.3 Å². The van der Waals surface area contributed by atoms with Gasteiger partial charge < -0.3 is 15.4 Å². The summed E-state index contributed by atoms with van der Waals surface area (Å²) in [6.45, 7) is 5.83. The molecule has 3 atom stereocenters. The number of nitrogens with one attached hydrogen (secondary N) is 2. The van der Waals surface area contributed by atoms with Gasteiger partial charge in [-0.2, -0.15) is 4.98 Å². The van der Waals surface area contributed by atoms with Crippen LogP contribution in [0.25, 0.3) is 0 Å². The van der Waals surface area contributed by atoms with Crippen molar-refractivity contribution in [1.29, 1.82) is 0 Å². The number of hydrogen-bond donors (Lipinski definition) is 2. The lowest BCUT2D eigenvalue weighted by Crippen LogP contribution is -2.43. The quantitative estimate of drug-likeness (QED) is 0.757. The van der Waals surface area contributed by atoms with Gasteiger partial charge in [0, 0.05) is 41.3 Å². The minimum absolute atomic E-state index is 0.202. The zero-order valence-corrected chi connectivity index (χ0v) is 17.0. The number of aromatic nitrogens is 2. The average Bonchev–Trinajstić information content (AvgIpc) is 2.67. The molecular weight excluding hydrogens is 360 g/mol. The molecule has 1 saturated heterocycles. The summed E-state index contributed by atoms with van der Waals surface area (Å²) in [6.07, 6.45) is 5.79. The molecule has 0 unspecified atom stereocenters. The van der Waals surface area contributed by atoms with Gasteiger partial charge in [-0.1, -0.05) is 26.0 Å². The Hall–Kier alpha value is -1.99. The molecule has 2 heterocycles. The van der Waals surface area contributed by atoms with Crippen LogP contribution in [-0.4, -0.2) is 39.2 Å². The highest BCUT2D eigenvalue weighted by molar-refractivity contribution is 7.84. The van der Waals surface area contributed by atoms with Gasteiger partial charge in [0.2, 0.25) is 5.95 Å². The number of ether oxygens (including phenoxy) is 1. The molecule has 2 aromatic rings. The van der Waals surface area contributed by atoms with Crippen molar-refractivity contribution in [3.8, 4) is 0 Å². The van der Waals surface area contributed by atoms with Crippen LogP contribution in [0.4, 0.5) is 11.8 Å². The van der Waals surface area contributed by atoms with Gasteiger partial charge in [-0.25, -0.2) is 4.98 Å². The first-order chi connectivity index (χ1) is 13.0. The van der Waals surface area contributed by atoms with Gasteiger partial charge in [0.05, 0.1) is 12.1 Å². The summed E-state index contributed by atoms with van der Waals surface area (Å²) < 4.78 is 17.4. The Kier molecular flexibility index (Phi) is 6.79. The van der Waals surface area contributed by atoms with Crippen molar-refractivity contribution in [1.82, 2.24) is 9.97 Å². The standard InChI is InChI=1S/C20H28N4O2S/c1-14(2)19-17(5-4-12-26-19)23-18-10-11-21-20(24-18)22-13-15-6-8-16(9-7-15)27(3)25/h6-11,14,17,19H,4-5,12-13H2,1-3H3,(H2,21,22,23,24)/t17-,19+,27-/m1/s1. The fourth-order valence-corrected chi connectivity index (χ4v) is 3.83. The minimum Gasteiger partial charge on any atom is -0.376 e. The van der Waals surface area contributed by atoms with Gasteiger partial charge in [0.15, 0.2) is 0 Å². The lowest BCUT2D eigenvalue weighted by atomic mass is 9.94. The molecule has 0 amide bonds. The smallest absolute Gasteiger partial charge is 0.224 e. The van der Waals surface area contributed by atoms with E-state index in [9.17, 15) is 4.21 Å². The summed E-state index contributed by atoms with van der Waals surface area (Å²) in [5, 5.41) is 6.77. The van der Waals surface area contributed by atoms with E-state index >= 15 is 0 Å². The zero-order valence-electron chi connectivity index (χ0n) is 16.1. The van der Waals surface area contributed by atoms with Gasteiger partial charge in [-0.15, -0.1) is 0 Å². The van der Waals surface area contributed by atoms with Crippen molar-refractivity contribution in [2.24, 2.45) is 5.92 Å². The number of rotatable bonds is 7. The third-order valence-electron chi connectivity index (χ3n) is 4.72. The van der Waals surface area contributed by atoms with E-state index in [4.69, 9.17) is 4.74 Å². The highest BCUT2D eigenvalue weighted by Crippen LogP contribution is 2.23. The Morgan fingerprint density at radius 1 is 1.26 bits per heavy atom. The van der Waals surface area contributed by atoms with Gasteiger partial charge in [-0.05, 0) is 42.5 Å². The van der Waals surface area contributed by atoms with Gasteiger partial charge in [-0.3, -0.25) is 4.21 Å². The van der Waals surface area contributed by atoms with Crippen LogP contribution >= 0.6 is 0 Å². The predicted molar refractivity (Wildman–Crippen MR) is 109 cm³/mol. The first kappa shape index (κ1) is 19.8. The third-order valence-corrected chi connectivity index (χ3v) is 5.65. The van der Waals surface area contributed by atoms with Crippen molar-refractivity contribution in [3.05, 3.63) is 42.1 Å². The van der Waals surface area contributed by atoms with Gasteiger partial charge in [0.1, 0.15) is 5.82 Å². The van der Waals surface area contributed by atoms with E-state index in [-0.39, 0.29) is 12.1 Å². The molecule has 146 valence electrons. The summed E-state index contributed by atoms with van der Waals surface area (Å²) in [5.74, 6) is 1.86. The van der Waals surface area contributed by atoms with Crippen molar-refractivity contribution in [3.63, 3.8) is 0 Å². The second-order valence-corrected chi connectivity index (χ2v) is 8.57. The van der Waals surface area contributed by atoms with E-state index in [0.29, 0.717) is 18.4 Å². The van der Waals surface area contributed by atoms with Crippen LogP contribution in [-0.2, 0) is 22.1 Å². The molecule has 1 aliphatic rings. The maximum absolute atomic E-state index is 11.5. The lowest BCUT2D eigenvalue weighted by Gasteiger charge is -2.35. The molecule has 27 heavy (non-hydrogen) atoms. The molecule has 1 aromatic heterocycles. The Labute approximate surface area is 163 Å². The third kappa shape index (κ3) is 5.49. The van der Waals surface area contributed by atoms with E-state index in [1.807, 2.05) is 30.3 Å². The largest absolute Gasteiger partial charge is 0.376 e. The number of benzene rings is 1. The number of nitrogens with zero attached hydrogens (tertiary/aromatic N) is 2. The summed E-state index contributed by atoms with van der Waals surface area (Å²) in [4.78, 5) is 9.72. The van der Waals surface area contributed by atoms with Crippen molar-refractivity contribution < 1.29 is 8.95 Å². The molecule has 1 aromatic carbocycles. The maximum atomic E-state index is 11.5. The molecule has 6 nitrogen and oxygen atoms in total. The average molecular weight is 389 g/mol. The van der Waals surface area contributed by atoms with E-state index < -0.39 is 10.8 Å². The second-order valence-electron chi connectivity index (χ2n) is 7.19. The second kappa shape index (κ2) is 9.28. The SMILES string of the molecule is CC(C)[C@@H]1OCCC[C@H]1Nc1ccnc(NCc2ccc([S@@](C)=O)cc2)n1. The Morgan fingerprint density at radius 2 is 2.04 bits per heavy atom. The van der Waals surface area contributed by atoms with Crippen LogP contribution in [0, 0.1) is 5.92 Å². The van der Waals surface area contributed by atoms with Crippen LogP contribution in [0.5, 0.6) is 0 Å². The molecule has 0 radical (unpaired) electrons. The molecule has 3 rings (SSSR count). The normalized spacial score (nSPS) is 21.0. The zero-order chi connectivity index (χ0) is 19.2. The van der Waals surface area contributed by atoms with Crippen LogP contribution in [0.15, 0.2) is 41.4 Å². The maximum Gasteiger partial charge on any atom is 0.224 e. The highest BCUT2D eigenvalue weighted by Gasteiger charge is 2.28. The molecule has 0 saturated carbocycles. The van der Waals surface area contributed by atoms with E-state index in [0.717, 1.165) is 35.7 Å². The van der Waals surface area contributed by atoms with Gasteiger partial charge >= 0.3 is 0 Å². The van der Waals surface area contributed by atoms with Crippen molar-refractivity contribution in [2.45, 2.75) is 50.3 Å². The number of hydrogen-bond acceptors (Lipinski definition) is 6. The molecule has 1 fully saturated rings. The number of anilines is 2. The molecule has 0 aliphatic carbocycles. The Bertz CT molecular complexity index is 767. The lowest BCUT2D eigenvalue weighted by molar-refractivity contribution is -0.0203. The molecule has 0 bridgehead atoms. The summed E-state index contributed by atoms with van der Waals surface area (Å²) in [6, 6.07) is 9.88. The van der Waals surface area contributed by atoms with Crippen LogP contribution in [0.3, 0.4) is 0 Å². The summed E-state index contributed by atoms with van der Waals surface area (Å²) >= 11 is 0. The van der Waals surface area contributed by atoms with Crippen LogP contribution in [0.2, 0.25) is 0 Å². The molecular formula is C20H28N4O2S. The fourth-order valence-electron chi connectivity index (χ4n) is 3.31. The first-order valence-electron chi connectivity index (χ1n) is 9.40. The topological polar surface area (TPSA) is 76.1 Å². The van der Waals surface area contributed by atoms with Gasteiger partial charge in [0.25, 0.3) is 0 Å². The first-order valence-corrected chi connectivity index (χ1v) is 11.0. The monoisotopic (exact) mass is 388 g/mol. The Morgan fingerprint density at radius 3 is 2.74 bits per heavy atom. The molecule has 0 spiro atoms.